The molecule has 0 radical (unpaired) electrons. The van der Waals surface area contributed by atoms with Gasteiger partial charge in [-0.05, 0) is 54.5 Å². The summed E-state index contributed by atoms with van der Waals surface area (Å²) in [6.45, 7) is 6.99. The van der Waals surface area contributed by atoms with Gasteiger partial charge in [0.25, 0.3) is 10.2 Å². The number of nitrogens with zero attached hydrogens (tertiary/aromatic N) is 2. The van der Waals surface area contributed by atoms with Gasteiger partial charge in [-0.15, -0.1) is 0 Å². The van der Waals surface area contributed by atoms with Crippen LogP contribution in [0.2, 0.25) is 0 Å². The number of aryl methyl sites for hydroxylation is 1. The van der Waals surface area contributed by atoms with Gasteiger partial charge in [0, 0.05) is 38.4 Å². The predicted molar refractivity (Wildman–Crippen MR) is 122 cm³/mol. The lowest BCUT2D eigenvalue weighted by atomic mass is 9.97. The van der Waals surface area contributed by atoms with E-state index in [1.54, 1.807) is 13.1 Å². The van der Waals surface area contributed by atoms with E-state index in [2.05, 4.69) is 21.8 Å². The Balaban J connectivity index is 2.13. The Morgan fingerprint density at radius 1 is 1.03 bits per heavy atom. The molecule has 1 N–H and O–H groups in total. The van der Waals surface area contributed by atoms with Crippen LogP contribution in [-0.2, 0) is 39.0 Å². The lowest BCUT2D eigenvalue weighted by molar-refractivity contribution is -0.143. The molecule has 8 heteroatoms. The van der Waals surface area contributed by atoms with E-state index in [-0.39, 0.29) is 5.97 Å². The van der Waals surface area contributed by atoms with Crippen LogP contribution in [0.1, 0.15) is 49.4 Å². The molecule has 2 aromatic rings. The molecular weight excluding hydrogens is 414 g/mol. The number of pyridine rings is 1. The van der Waals surface area contributed by atoms with E-state index in [0.29, 0.717) is 45.5 Å². The molecule has 0 bridgehead atoms. The van der Waals surface area contributed by atoms with Crippen molar-refractivity contribution < 1.29 is 17.9 Å². The van der Waals surface area contributed by atoms with Crippen molar-refractivity contribution in [3.63, 3.8) is 0 Å². The maximum atomic E-state index is 12.4. The molecule has 0 atom stereocenters. The Kier molecular flexibility index (Phi) is 10.1. The molecule has 0 saturated carbocycles. The number of rotatable bonds is 13. The Labute approximate surface area is 186 Å². The van der Waals surface area contributed by atoms with Crippen LogP contribution < -0.4 is 4.72 Å². The summed E-state index contributed by atoms with van der Waals surface area (Å²) in [7, 11) is -3.48. The number of carbonyl (C=O) groups excluding carboxylic acids is 1. The molecule has 7 nitrogen and oxygen atoms in total. The summed E-state index contributed by atoms with van der Waals surface area (Å²) < 4.78 is 33.8. The molecular formula is C23H33N3O4S. The van der Waals surface area contributed by atoms with Crippen LogP contribution in [0.5, 0.6) is 0 Å². The Hall–Kier alpha value is -2.29. The molecule has 1 aromatic carbocycles. The van der Waals surface area contributed by atoms with E-state index in [1.807, 2.05) is 38.2 Å². The fraction of sp³-hybridized carbons (Fsp3) is 0.478. The van der Waals surface area contributed by atoms with Crippen molar-refractivity contribution in [3.05, 3.63) is 65.0 Å². The van der Waals surface area contributed by atoms with E-state index in [0.717, 1.165) is 28.7 Å². The third-order valence-electron chi connectivity index (χ3n) is 4.91. The van der Waals surface area contributed by atoms with Gasteiger partial charge in [0.05, 0.1) is 6.61 Å². The topological polar surface area (TPSA) is 88.6 Å². The highest BCUT2D eigenvalue weighted by Gasteiger charge is 2.17. The minimum absolute atomic E-state index is 0.214. The Morgan fingerprint density at radius 3 is 2.32 bits per heavy atom. The number of nitrogens with one attached hydrogen (secondary N) is 1. The van der Waals surface area contributed by atoms with Crippen molar-refractivity contribution in [3.8, 4) is 0 Å². The van der Waals surface area contributed by atoms with Crippen molar-refractivity contribution in [2.75, 3.05) is 26.2 Å². The summed E-state index contributed by atoms with van der Waals surface area (Å²) in [6.07, 6.45) is 5.76. The third-order valence-corrected chi connectivity index (χ3v) is 6.68. The Bertz CT molecular complexity index is 929. The molecule has 1 aromatic heterocycles. The standard InChI is InChI=1S/C23H33N3O4S/c1-4-26(5-2)31(28,29)25-13-11-20-14-19(9-10-23(27)30-6-3)15-22(16-20)17-21-8-7-12-24-18-21/h7-8,12,14-16,18,25H,4-6,9-11,13,17H2,1-3H3. The largest absolute Gasteiger partial charge is 0.466 e. The van der Waals surface area contributed by atoms with Gasteiger partial charge in [-0.1, -0.05) is 38.1 Å². The fourth-order valence-corrected chi connectivity index (χ4v) is 4.65. The molecule has 0 amide bonds. The monoisotopic (exact) mass is 447 g/mol. The van der Waals surface area contributed by atoms with Gasteiger partial charge in [0.2, 0.25) is 0 Å². The summed E-state index contributed by atoms with van der Waals surface area (Å²) in [4.78, 5) is 15.9. The molecule has 0 aliphatic heterocycles. The highest BCUT2D eigenvalue weighted by atomic mass is 32.2. The van der Waals surface area contributed by atoms with Gasteiger partial charge in [-0.3, -0.25) is 9.78 Å². The first-order valence-corrected chi connectivity index (χ1v) is 12.2. The van der Waals surface area contributed by atoms with E-state index >= 15 is 0 Å². The van der Waals surface area contributed by atoms with Gasteiger partial charge in [0.15, 0.2) is 0 Å². The maximum Gasteiger partial charge on any atom is 0.306 e. The second-order valence-corrected chi connectivity index (χ2v) is 8.99. The van der Waals surface area contributed by atoms with Crippen molar-refractivity contribution >= 4 is 16.2 Å². The minimum atomic E-state index is -3.48. The van der Waals surface area contributed by atoms with Crippen LogP contribution in [0, 0.1) is 0 Å². The summed E-state index contributed by atoms with van der Waals surface area (Å²) in [5, 5.41) is 0. The van der Waals surface area contributed by atoms with Crippen LogP contribution in [0.3, 0.4) is 0 Å². The van der Waals surface area contributed by atoms with E-state index < -0.39 is 10.2 Å². The smallest absolute Gasteiger partial charge is 0.306 e. The lowest BCUT2D eigenvalue weighted by Crippen LogP contribution is -2.41. The van der Waals surface area contributed by atoms with Crippen LogP contribution in [0.4, 0.5) is 0 Å². The second-order valence-electron chi connectivity index (χ2n) is 7.23. The first-order valence-electron chi connectivity index (χ1n) is 10.8. The fourth-order valence-electron chi connectivity index (χ4n) is 3.43. The zero-order valence-corrected chi connectivity index (χ0v) is 19.5. The van der Waals surface area contributed by atoms with Crippen molar-refractivity contribution in [2.24, 2.45) is 0 Å². The number of benzene rings is 1. The number of aromatic nitrogens is 1. The van der Waals surface area contributed by atoms with E-state index in [9.17, 15) is 13.2 Å². The normalized spacial score (nSPS) is 11.6. The second kappa shape index (κ2) is 12.5. The zero-order chi connectivity index (χ0) is 22.7. The van der Waals surface area contributed by atoms with Crippen molar-refractivity contribution in [1.82, 2.24) is 14.0 Å². The minimum Gasteiger partial charge on any atom is -0.466 e. The molecule has 0 aliphatic rings. The Morgan fingerprint density at radius 2 is 1.71 bits per heavy atom. The molecule has 0 unspecified atom stereocenters. The lowest BCUT2D eigenvalue weighted by Gasteiger charge is -2.19. The van der Waals surface area contributed by atoms with Crippen LogP contribution >= 0.6 is 0 Å². The average Bonchev–Trinajstić information content (AvgIpc) is 2.74. The van der Waals surface area contributed by atoms with Gasteiger partial charge >= 0.3 is 5.97 Å². The van der Waals surface area contributed by atoms with Gasteiger partial charge in [0.1, 0.15) is 0 Å². The number of hydrogen-bond donors (Lipinski definition) is 1. The molecule has 0 saturated heterocycles. The molecule has 0 fully saturated rings. The first-order chi connectivity index (χ1) is 14.9. The highest BCUT2D eigenvalue weighted by Crippen LogP contribution is 2.17. The summed E-state index contributed by atoms with van der Waals surface area (Å²) in [6, 6.07) is 10.2. The third kappa shape index (κ3) is 8.40. The average molecular weight is 448 g/mol. The predicted octanol–water partition coefficient (Wildman–Crippen LogP) is 2.89. The number of carbonyl (C=O) groups is 1. The van der Waals surface area contributed by atoms with Crippen LogP contribution in [0.15, 0.2) is 42.7 Å². The number of hydrogen-bond acceptors (Lipinski definition) is 5. The maximum absolute atomic E-state index is 12.4. The summed E-state index contributed by atoms with van der Waals surface area (Å²) in [5.41, 5.74) is 4.27. The summed E-state index contributed by atoms with van der Waals surface area (Å²) in [5.74, 6) is -0.214. The molecule has 31 heavy (non-hydrogen) atoms. The van der Waals surface area contributed by atoms with Gasteiger partial charge in [-0.25, -0.2) is 4.72 Å². The molecule has 170 valence electrons. The summed E-state index contributed by atoms with van der Waals surface area (Å²) >= 11 is 0. The molecule has 0 aliphatic carbocycles. The van der Waals surface area contributed by atoms with Crippen LogP contribution in [-0.4, -0.2) is 49.9 Å². The quantitative estimate of drug-likeness (QED) is 0.477. The van der Waals surface area contributed by atoms with Gasteiger partial charge < -0.3 is 4.74 Å². The van der Waals surface area contributed by atoms with E-state index in [1.165, 1.54) is 4.31 Å². The van der Waals surface area contributed by atoms with Crippen LogP contribution in [0.25, 0.3) is 0 Å². The highest BCUT2D eigenvalue weighted by molar-refractivity contribution is 7.87. The van der Waals surface area contributed by atoms with Crippen molar-refractivity contribution in [2.45, 2.75) is 46.5 Å². The zero-order valence-electron chi connectivity index (χ0n) is 18.6. The molecule has 1 heterocycles. The van der Waals surface area contributed by atoms with E-state index in [4.69, 9.17) is 4.74 Å². The van der Waals surface area contributed by atoms with Crippen molar-refractivity contribution in [1.29, 1.82) is 0 Å². The molecule has 0 spiro atoms. The first kappa shape index (κ1) is 25.0. The van der Waals surface area contributed by atoms with Gasteiger partial charge in [-0.2, -0.15) is 12.7 Å². The number of esters is 1. The molecule has 2 rings (SSSR count). The SMILES string of the molecule is CCOC(=O)CCc1cc(CCNS(=O)(=O)N(CC)CC)cc(Cc2cccnc2)c1. The number of ether oxygens (including phenoxy) is 1.